The maximum Gasteiger partial charge on any atom is 0.563 e. The summed E-state index contributed by atoms with van der Waals surface area (Å²) in [5, 5.41) is 0. The van der Waals surface area contributed by atoms with Crippen molar-refractivity contribution in [2.24, 2.45) is 9.98 Å². The van der Waals surface area contributed by atoms with Gasteiger partial charge in [0, 0.05) is 22.8 Å². The van der Waals surface area contributed by atoms with Crippen LogP contribution in [0.4, 0.5) is 22.7 Å². The third-order valence-electron chi connectivity index (χ3n) is 5.20. The van der Waals surface area contributed by atoms with E-state index in [2.05, 4.69) is 97.9 Å². The number of allylic oxidation sites excluding steroid dienone is 4. The molecule has 0 unspecified atom stereocenters. The van der Waals surface area contributed by atoms with Crippen molar-refractivity contribution in [2.75, 3.05) is 7.77 Å². The Labute approximate surface area is 180 Å². The molecule has 0 fully saturated rings. The Hall–Kier alpha value is -2.61. The van der Waals surface area contributed by atoms with Crippen molar-refractivity contribution < 1.29 is 0 Å². The van der Waals surface area contributed by atoms with E-state index >= 15 is 0 Å². The second-order valence-corrected chi connectivity index (χ2v) is 9.18. The number of aryl methyl sites for hydroxylation is 2. The molecule has 0 saturated carbocycles. The minimum atomic E-state index is -0.275. The molecule has 0 spiro atoms. The van der Waals surface area contributed by atoms with Crippen molar-refractivity contribution in [3.8, 4) is 0 Å². The van der Waals surface area contributed by atoms with Crippen LogP contribution in [0.15, 0.2) is 69.9 Å². The van der Waals surface area contributed by atoms with Gasteiger partial charge in [-0.1, -0.05) is 12.1 Å². The molecule has 4 nitrogen and oxygen atoms in total. The van der Waals surface area contributed by atoms with Crippen LogP contribution in [-0.2, 0) is 0 Å². The number of hydrogen-bond donors (Lipinski definition) is 0. The lowest BCUT2D eigenvalue weighted by molar-refractivity contribution is 1.17. The van der Waals surface area contributed by atoms with E-state index in [1.807, 2.05) is 0 Å². The predicted octanol–water partition coefficient (Wildman–Crippen LogP) is 6.17. The molecule has 5 heteroatoms. The van der Waals surface area contributed by atoms with Crippen LogP contribution in [0.1, 0.15) is 38.8 Å². The number of anilines is 2. The molecular weight excluding hydrogens is 371 g/mol. The van der Waals surface area contributed by atoms with Crippen LogP contribution in [0.5, 0.6) is 0 Å². The van der Waals surface area contributed by atoms with E-state index in [1.165, 1.54) is 22.5 Å². The maximum atomic E-state index is 4.97. The summed E-state index contributed by atoms with van der Waals surface area (Å²) in [6.45, 7) is 12.7. The smallest absolute Gasteiger partial charge is 0.423 e. The molecule has 4 rings (SSSR count). The average molecular weight is 397 g/mol. The fourth-order valence-electron chi connectivity index (χ4n) is 3.84. The summed E-state index contributed by atoms with van der Waals surface area (Å²) in [6.07, 6.45) is 4.36. The van der Waals surface area contributed by atoms with Gasteiger partial charge in [0.15, 0.2) is 0 Å². The predicted molar refractivity (Wildman–Crippen MR) is 126 cm³/mol. The molecule has 0 amide bonds. The van der Waals surface area contributed by atoms with Gasteiger partial charge >= 0.3 is 15.7 Å². The van der Waals surface area contributed by atoms with Crippen molar-refractivity contribution in [2.45, 2.75) is 41.5 Å². The van der Waals surface area contributed by atoms with Crippen LogP contribution < -0.4 is 7.77 Å². The molecular formula is C24H26AlN4. The minimum absolute atomic E-state index is 0.275. The van der Waals surface area contributed by atoms with Gasteiger partial charge in [-0.15, -0.1) is 0 Å². The van der Waals surface area contributed by atoms with E-state index in [9.17, 15) is 0 Å². The van der Waals surface area contributed by atoms with Crippen molar-refractivity contribution in [3.63, 3.8) is 0 Å². The van der Waals surface area contributed by atoms with E-state index in [-0.39, 0.29) is 15.7 Å². The number of fused-ring (bicyclic) bond motifs is 6. The Bertz CT molecular complexity index is 1020. The van der Waals surface area contributed by atoms with Crippen molar-refractivity contribution in [3.05, 3.63) is 71.1 Å². The molecule has 2 aromatic rings. The van der Waals surface area contributed by atoms with Gasteiger partial charge in [-0.3, -0.25) is 9.98 Å². The largest absolute Gasteiger partial charge is 0.563 e. The highest BCUT2D eigenvalue weighted by Gasteiger charge is 2.26. The van der Waals surface area contributed by atoms with Gasteiger partial charge in [0.1, 0.15) is 0 Å². The molecule has 2 heterocycles. The van der Waals surface area contributed by atoms with E-state index in [0.29, 0.717) is 0 Å². The summed E-state index contributed by atoms with van der Waals surface area (Å²) in [4.78, 5) is 9.93. The van der Waals surface area contributed by atoms with Gasteiger partial charge in [-0.05, 0) is 100 Å². The molecule has 0 aromatic heterocycles. The number of hydrogen-bond acceptors (Lipinski definition) is 4. The molecule has 145 valence electrons. The normalized spacial score (nSPS) is 19.8. The van der Waals surface area contributed by atoms with Gasteiger partial charge in [-0.25, -0.2) is 0 Å². The summed E-state index contributed by atoms with van der Waals surface area (Å²) in [6, 6.07) is 13.1. The molecule has 1 radical (unpaired) electrons. The van der Waals surface area contributed by atoms with Crippen LogP contribution in [-0.4, -0.2) is 27.1 Å². The number of rotatable bonds is 0. The Morgan fingerprint density at radius 1 is 0.621 bits per heavy atom. The second-order valence-electron chi connectivity index (χ2n) is 7.92. The van der Waals surface area contributed by atoms with Crippen LogP contribution in [0.2, 0.25) is 0 Å². The van der Waals surface area contributed by atoms with Crippen LogP contribution in [0.3, 0.4) is 0 Å². The molecule has 2 aliphatic heterocycles. The third kappa shape index (κ3) is 3.94. The highest BCUT2D eigenvalue weighted by molar-refractivity contribution is 6.50. The van der Waals surface area contributed by atoms with Crippen molar-refractivity contribution in [1.29, 1.82) is 0 Å². The van der Waals surface area contributed by atoms with Gasteiger partial charge in [0.2, 0.25) is 0 Å². The molecule has 0 aliphatic carbocycles. The Morgan fingerprint density at radius 2 is 1.03 bits per heavy atom. The lowest BCUT2D eigenvalue weighted by Gasteiger charge is -2.34. The van der Waals surface area contributed by atoms with E-state index in [0.717, 1.165) is 34.2 Å². The van der Waals surface area contributed by atoms with E-state index in [1.54, 1.807) is 0 Å². The highest BCUT2D eigenvalue weighted by atomic mass is 27.1. The van der Waals surface area contributed by atoms with E-state index < -0.39 is 0 Å². The molecule has 0 N–H and O–H groups in total. The monoisotopic (exact) mass is 397 g/mol. The Balaban J connectivity index is 2.03. The SMILES string of the molecule is CC1=Nc2cc(C)ccc2[N]2[Al][N](/C(C)=C\1)c1ccc(C)cc1N=C(C)/C=C\2C. The van der Waals surface area contributed by atoms with Gasteiger partial charge in [-0.2, -0.15) is 0 Å². The topological polar surface area (TPSA) is 31.2 Å². The summed E-state index contributed by atoms with van der Waals surface area (Å²) in [5.74, 6) is 0. The van der Waals surface area contributed by atoms with Crippen molar-refractivity contribution in [1.82, 2.24) is 0 Å². The zero-order chi connectivity index (χ0) is 20.7. The summed E-state index contributed by atoms with van der Waals surface area (Å²) < 4.78 is 4.84. The summed E-state index contributed by atoms with van der Waals surface area (Å²) in [7, 11) is 0. The molecule has 29 heavy (non-hydrogen) atoms. The van der Waals surface area contributed by atoms with Crippen LogP contribution >= 0.6 is 0 Å². The molecule has 2 aliphatic rings. The fraction of sp³-hybridized carbons (Fsp3) is 0.250. The molecule has 2 bridgehead atoms. The van der Waals surface area contributed by atoms with E-state index in [4.69, 9.17) is 9.98 Å². The van der Waals surface area contributed by atoms with Gasteiger partial charge < -0.3 is 7.77 Å². The Morgan fingerprint density at radius 3 is 1.45 bits per heavy atom. The lowest BCUT2D eigenvalue weighted by Crippen LogP contribution is -2.40. The number of nitrogens with zero attached hydrogens (tertiary/aromatic N) is 4. The first-order valence-electron chi connectivity index (χ1n) is 9.94. The first-order chi connectivity index (χ1) is 13.8. The highest BCUT2D eigenvalue weighted by Crippen LogP contribution is 2.38. The molecule has 2 aromatic carbocycles. The van der Waals surface area contributed by atoms with Crippen molar-refractivity contribution >= 4 is 49.8 Å². The fourth-order valence-corrected chi connectivity index (χ4v) is 5.27. The standard InChI is InChI=1S/C24H26N4.Al/c1-15-7-9-21-23(11-15)27-19(5)13-18(4)26-22-10-8-16(2)12-24(22)28-20(6)14-17(3)25-21;/h7-14H,1-6H3;/q-2;+2/b17-14-,18-13-,27-19?,28-20?;. The van der Waals surface area contributed by atoms with Gasteiger partial charge in [0.05, 0.1) is 11.4 Å². The first kappa shape index (κ1) is 19.7. The summed E-state index contributed by atoms with van der Waals surface area (Å²) >= 11 is -0.275. The maximum absolute atomic E-state index is 4.97. The quantitative estimate of drug-likeness (QED) is 0.498. The lowest BCUT2D eigenvalue weighted by atomic mass is 10.1. The van der Waals surface area contributed by atoms with Crippen LogP contribution in [0, 0.1) is 13.8 Å². The average Bonchev–Trinajstić information content (AvgIpc) is 2.71. The number of benzene rings is 2. The second kappa shape index (κ2) is 7.67. The minimum Gasteiger partial charge on any atom is -0.423 e. The first-order valence-corrected chi connectivity index (χ1v) is 11.0. The van der Waals surface area contributed by atoms with Crippen LogP contribution in [0.25, 0.3) is 0 Å². The molecule has 0 atom stereocenters. The number of aliphatic imine (C=N–C) groups is 2. The zero-order valence-electron chi connectivity index (χ0n) is 18.0. The third-order valence-corrected chi connectivity index (χ3v) is 7.03. The Kier molecular flexibility index (Phi) is 5.21. The zero-order valence-corrected chi connectivity index (χ0v) is 19.1. The summed E-state index contributed by atoms with van der Waals surface area (Å²) in [5.41, 5.74) is 11.2. The van der Waals surface area contributed by atoms with Gasteiger partial charge in [0.25, 0.3) is 0 Å². The molecule has 0 saturated heterocycles.